The summed E-state index contributed by atoms with van der Waals surface area (Å²) < 4.78 is 5.38. The Bertz CT molecular complexity index is 338. The predicted octanol–water partition coefficient (Wildman–Crippen LogP) is 1.84. The van der Waals surface area contributed by atoms with E-state index in [9.17, 15) is 9.90 Å². The summed E-state index contributed by atoms with van der Waals surface area (Å²) >= 11 is 0. The van der Waals surface area contributed by atoms with Crippen LogP contribution in [0, 0.1) is 0 Å². The van der Waals surface area contributed by atoms with E-state index in [2.05, 4.69) is 4.90 Å². The number of hydrogen-bond acceptors (Lipinski definition) is 4. The zero-order valence-corrected chi connectivity index (χ0v) is 13.0. The van der Waals surface area contributed by atoms with E-state index in [1.807, 2.05) is 20.8 Å². The van der Waals surface area contributed by atoms with Crippen LogP contribution >= 0.6 is 0 Å². The zero-order chi connectivity index (χ0) is 14.8. The first-order valence-electron chi connectivity index (χ1n) is 7.70. The van der Waals surface area contributed by atoms with Crippen molar-refractivity contribution in [3.63, 3.8) is 0 Å². The Kier molecular flexibility index (Phi) is 4.59. The van der Waals surface area contributed by atoms with Crippen molar-refractivity contribution < 1.29 is 14.6 Å². The van der Waals surface area contributed by atoms with Gasteiger partial charge in [-0.3, -0.25) is 4.90 Å². The summed E-state index contributed by atoms with van der Waals surface area (Å²) in [6.07, 6.45) is 3.87. The van der Waals surface area contributed by atoms with Crippen molar-refractivity contribution in [2.75, 3.05) is 32.7 Å². The number of amides is 1. The topological polar surface area (TPSA) is 53.0 Å². The minimum Gasteiger partial charge on any atom is -0.444 e. The summed E-state index contributed by atoms with van der Waals surface area (Å²) in [6, 6.07) is 0. The minimum atomic E-state index is -0.492. The number of nitrogens with zero attached hydrogens (tertiary/aromatic N) is 2. The Hall–Kier alpha value is -0.810. The van der Waals surface area contributed by atoms with E-state index in [-0.39, 0.29) is 6.09 Å². The van der Waals surface area contributed by atoms with E-state index >= 15 is 0 Å². The number of β-amino-alcohol motifs (C(OH)–C–C–N with tert-alkyl or cyclic N) is 1. The van der Waals surface area contributed by atoms with Gasteiger partial charge < -0.3 is 14.7 Å². The number of carbonyl (C=O) groups excluding carboxylic acids is 1. The van der Waals surface area contributed by atoms with Crippen LogP contribution in [0.5, 0.6) is 0 Å². The Labute approximate surface area is 121 Å². The molecule has 0 aromatic carbocycles. The van der Waals surface area contributed by atoms with Crippen molar-refractivity contribution in [1.29, 1.82) is 0 Å². The average Bonchev–Trinajstić information content (AvgIpc) is 2.74. The molecule has 0 atom stereocenters. The molecule has 1 aliphatic carbocycles. The first-order chi connectivity index (χ1) is 9.27. The molecule has 1 saturated heterocycles. The SMILES string of the molecule is CC(C)(C)OC(=O)N1CCN(CC2(O)CCCC2)CC1. The molecule has 1 N–H and O–H groups in total. The second-order valence-corrected chi connectivity index (χ2v) is 7.17. The van der Waals surface area contributed by atoms with Crippen molar-refractivity contribution in [1.82, 2.24) is 9.80 Å². The Morgan fingerprint density at radius 2 is 1.70 bits per heavy atom. The van der Waals surface area contributed by atoms with Gasteiger partial charge in [0.15, 0.2) is 0 Å². The molecule has 0 spiro atoms. The molecular weight excluding hydrogens is 256 g/mol. The summed E-state index contributed by atoms with van der Waals surface area (Å²) in [5.41, 5.74) is -0.929. The number of hydrogen-bond donors (Lipinski definition) is 1. The lowest BCUT2D eigenvalue weighted by atomic mass is 10.0. The first kappa shape index (κ1) is 15.6. The van der Waals surface area contributed by atoms with Gasteiger partial charge in [-0.25, -0.2) is 4.79 Å². The van der Waals surface area contributed by atoms with Gasteiger partial charge in [-0.1, -0.05) is 12.8 Å². The molecule has 116 valence electrons. The van der Waals surface area contributed by atoms with Crippen molar-refractivity contribution >= 4 is 6.09 Å². The van der Waals surface area contributed by atoms with Gasteiger partial charge >= 0.3 is 6.09 Å². The smallest absolute Gasteiger partial charge is 0.410 e. The third kappa shape index (κ3) is 4.35. The lowest BCUT2D eigenvalue weighted by Gasteiger charge is -2.38. The highest BCUT2D eigenvalue weighted by atomic mass is 16.6. The quantitative estimate of drug-likeness (QED) is 0.841. The second kappa shape index (κ2) is 5.90. The third-order valence-corrected chi connectivity index (χ3v) is 4.08. The van der Waals surface area contributed by atoms with Gasteiger partial charge in [-0.05, 0) is 33.6 Å². The Balaban J connectivity index is 1.76. The molecular formula is C15H28N2O3. The Morgan fingerprint density at radius 1 is 1.15 bits per heavy atom. The monoisotopic (exact) mass is 284 g/mol. The fourth-order valence-corrected chi connectivity index (χ4v) is 3.02. The maximum Gasteiger partial charge on any atom is 0.410 e. The highest BCUT2D eigenvalue weighted by molar-refractivity contribution is 5.68. The average molecular weight is 284 g/mol. The van der Waals surface area contributed by atoms with Crippen LogP contribution < -0.4 is 0 Å². The fraction of sp³-hybridized carbons (Fsp3) is 0.933. The third-order valence-electron chi connectivity index (χ3n) is 4.08. The molecule has 1 saturated carbocycles. The number of aliphatic hydroxyl groups is 1. The molecule has 0 unspecified atom stereocenters. The normalized spacial score (nSPS) is 23.9. The van der Waals surface area contributed by atoms with E-state index in [4.69, 9.17) is 4.74 Å². The summed E-state index contributed by atoms with van der Waals surface area (Å²) in [7, 11) is 0. The van der Waals surface area contributed by atoms with Crippen LogP contribution in [-0.2, 0) is 4.74 Å². The summed E-state index contributed by atoms with van der Waals surface area (Å²) in [6.45, 7) is 9.42. The van der Waals surface area contributed by atoms with Crippen LogP contribution in [0.25, 0.3) is 0 Å². The van der Waals surface area contributed by atoms with E-state index < -0.39 is 11.2 Å². The maximum absolute atomic E-state index is 12.0. The molecule has 2 aliphatic rings. The highest BCUT2D eigenvalue weighted by Gasteiger charge is 2.34. The molecule has 1 aliphatic heterocycles. The van der Waals surface area contributed by atoms with Crippen molar-refractivity contribution in [3.8, 4) is 0 Å². The zero-order valence-electron chi connectivity index (χ0n) is 13.0. The molecule has 2 rings (SSSR count). The largest absolute Gasteiger partial charge is 0.444 e. The van der Waals surface area contributed by atoms with E-state index in [1.54, 1.807) is 4.90 Å². The molecule has 0 aromatic rings. The molecule has 0 radical (unpaired) electrons. The molecule has 20 heavy (non-hydrogen) atoms. The van der Waals surface area contributed by atoms with E-state index in [1.165, 1.54) is 0 Å². The lowest BCUT2D eigenvalue weighted by molar-refractivity contribution is -0.0136. The lowest BCUT2D eigenvalue weighted by Crippen LogP contribution is -2.53. The van der Waals surface area contributed by atoms with E-state index in [0.717, 1.165) is 45.3 Å². The van der Waals surface area contributed by atoms with Gasteiger partial charge in [0.1, 0.15) is 5.60 Å². The van der Waals surface area contributed by atoms with Gasteiger partial charge in [0.2, 0.25) is 0 Å². The van der Waals surface area contributed by atoms with Gasteiger partial charge in [0, 0.05) is 32.7 Å². The molecule has 5 heteroatoms. The van der Waals surface area contributed by atoms with Gasteiger partial charge in [0.25, 0.3) is 0 Å². The van der Waals surface area contributed by atoms with Crippen LogP contribution in [0.15, 0.2) is 0 Å². The van der Waals surface area contributed by atoms with Gasteiger partial charge in [0.05, 0.1) is 5.60 Å². The number of piperazine rings is 1. The van der Waals surface area contributed by atoms with Crippen molar-refractivity contribution in [2.45, 2.75) is 57.7 Å². The van der Waals surface area contributed by atoms with Crippen LogP contribution in [-0.4, -0.2) is 64.9 Å². The number of ether oxygens (including phenoxy) is 1. The summed E-state index contributed by atoms with van der Waals surface area (Å²) in [5, 5.41) is 10.4. The molecule has 2 fully saturated rings. The Morgan fingerprint density at radius 3 is 2.20 bits per heavy atom. The van der Waals surface area contributed by atoms with Crippen molar-refractivity contribution in [3.05, 3.63) is 0 Å². The fourth-order valence-electron chi connectivity index (χ4n) is 3.02. The predicted molar refractivity (Wildman–Crippen MR) is 77.7 cm³/mol. The minimum absolute atomic E-state index is 0.225. The first-order valence-corrected chi connectivity index (χ1v) is 7.70. The summed E-state index contributed by atoms with van der Waals surface area (Å²) in [5.74, 6) is 0. The molecule has 1 amide bonds. The van der Waals surface area contributed by atoms with Gasteiger partial charge in [-0.15, -0.1) is 0 Å². The van der Waals surface area contributed by atoms with Crippen molar-refractivity contribution in [2.24, 2.45) is 0 Å². The second-order valence-electron chi connectivity index (χ2n) is 7.17. The number of carbonyl (C=O) groups is 1. The molecule has 1 heterocycles. The van der Waals surface area contributed by atoms with E-state index in [0.29, 0.717) is 13.1 Å². The van der Waals surface area contributed by atoms with Crippen LogP contribution in [0.2, 0.25) is 0 Å². The number of rotatable bonds is 2. The molecule has 0 aromatic heterocycles. The van der Waals surface area contributed by atoms with Crippen LogP contribution in [0.1, 0.15) is 46.5 Å². The highest BCUT2D eigenvalue weighted by Crippen LogP contribution is 2.30. The van der Waals surface area contributed by atoms with Gasteiger partial charge in [-0.2, -0.15) is 0 Å². The molecule has 0 bridgehead atoms. The van der Waals surface area contributed by atoms with Crippen LogP contribution in [0.3, 0.4) is 0 Å². The molecule has 5 nitrogen and oxygen atoms in total. The maximum atomic E-state index is 12.0. The van der Waals surface area contributed by atoms with Crippen LogP contribution in [0.4, 0.5) is 4.79 Å². The standard InChI is InChI=1S/C15H28N2O3/c1-14(2,3)20-13(18)17-10-8-16(9-11-17)12-15(19)6-4-5-7-15/h19H,4-12H2,1-3H3. The summed E-state index contributed by atoms with van der Waals surface area (Å²) in [4.78, 5) is 16.0.